The topological polar surface area (TPSA) is 99.2 Å². The van der Waals surface area contributed by atoms with Gasteiger partial charge in [0.25, 0.3) is 5.56 Å². The average molecular weight is 608 g/mol. The second kappa shape index (κ2) is 10.7. The first-order chi connectivity index (χ1) is 20.1. The number of nitrogens with one attached hydrogen (secondary N) is 2. The summed E-state index contributed by atoms with van der Waals surface area (Å²) in [5.41, 5.74) is 2.17. The van der Waals surface area contributed by atoms with Gasteiger partial charge in [0.15, 0.2) is 5.84 Å². The minimum Gasteiger partial charge on any atom is -0.337 e. The number of H-pyrrole nitrogens is 1. The van der Waals surface area contributed by atoms with E-state index in [1.165, 1.54) is 0 Å². The Morgan fingerprint density at radius 1 is 1.02 bits per heavy atom. The fraction of sp³-hybridized carbons (Fsp3) is 0.133. The number of alkyl halides is 2. The second-order valence-corrected chi connectivity index (χ2v) is 10.7. The molecule has 0 saturated heterocycles. The number of nitrogens with zero attached hydrogens (tertiary/aromatic N) is 3. The number of pyridine rings is 1. The number of amidine groups is 1. The number of hydrogen-bond acceptors (Lipinski definition) is 6. The zero-order chi connectivity index (χ0) is 29.6. The summed E-state index contributed by atoms with van der Waals surface area (Å²) < 4.78 is 30.9. The Labute approximate surface area is 247 Å². The van der Waals surface area contributed by atoms with Crippen molar-refractivity contribution in [1.82, 2.24) is 15.3 Å². The number of amides is 1. The van der Waals surface area contributed by atoms with Crippen molar-refractivity contribution in [3.8, 4) is 11.1 Å². The van der Waals surface area contributed by atoms with E-state index >= 15 is 8.78 Å². The highest BCUT2D eigenvalue weighted by molar-refractivity contribution is 6.31. The molecule has 0 aliphatic carbocycles. The quantitative estimate of drug-likeness (QED) is 0.258. The molecule has 0 saturated carbocycles. The minimum absolute atomic E-state index is 0.00935. The molecule has 2 N–H and O–H groups in total. The molecule has 0 spiro atoms. The molecule has 1 atom stereocenters. The van der Waals surface area contributed by atoms with Gasteiger partial charge in [0.2, 0.25) is 5.88 Å². The van der Waals surface area contributed by atoms with Crippen LogP contribution in [0.2, 0.25) is 10.0 Å². The van der Waals surface area contributed by atoms with Crippen molar-refractivity contribution in [1.29, 1.82) is 0 Å². The zero-order valence-electron chi connectivity index (χ0n) is 21.7. The highest BCUT2D eigenvalue weighted by atomic mass is 35.5. The largest absolute Gasteiger partial charge is 0.337 e. The van der Waals surface area contributed by atoms with Crippen LogP contribution >= 0.6 is 23.2 Å². The molecule has 3 heterocycles. The molecule has 0 fully saturated rings. The number of hydrazone groups is 1. The lowest BCUT2D eigenvalue weighted by Gasteiger charge is -2.26. The van der Waals surface area contributed by atoms with Crippen LogP contribution in [0, 0.1) is 0 Å². The molecule has 2 aliphatic heterocycles. The number of para-hydroxylation sites is 1. The Kier molecular flexibility index (Phi) is 7.04. The third-order valence-corrected chi connectivity index (χ3v) is 7.47. The number of carbonyl (C=O) groups excluding carboxylic acids is 1. The van der Waals surface area contributed by atoms with Crippen molar-refractivity contribution < 1.29 is 18.4 Å². The van der Waals surface area contributed by atoms with E-state index in [-0.39, 0.29) is 29.4 Å². The minimum atomic E-state index is -3.92. The van der Waals surface area contributed by atoms with Crippen molar-refractivity contribution in [3.05, 3.63) is 117 Å². The van der Waals surface area contributed by atoms with Crippen molar-refractivity contribution in [2.24, 2.45) is 10.3 Å². The first-order valence-corrected chi connectivity index (χ1v) is 13.5. The van der Waals surface area contributed by atoms with Gasteiger partial charge in [-0.3, -0.25) is 9.59 Å². The molecule has 0 radical (unpaired) electrons. The molecule has 6 rings (SSSR count). The maximum absolute atomic E-state index is 15.4. The third-order valence-electron chi connectivity index (χ3n) is 6.97. The van der Waals surface area contributed by atoms with Gasteiger partial charge in [0.05, 0.1) is 23.7 Å². The Morgan fingerprint density at radius 3 is 2.36 bits per heavy atom. The number of aromatic amines is 1. The van der Waals surface area contributed by atoms with Gasteiger partial charge in [0.1, 0.15) is 0 Å². The lowest BCUT2D eigenvalue weighted by molar-refractivity contribution is -0.158. The molecule has 42 heavy (non-hydrogen) atoms. The molecular formula is C30H21Cl2F2N5O3. The lowest BCUT2D eigenvalue weighted by Crippen LogP contribution is -2.43. The monoisotopic (exact) mass is 607 g/mol. The normalized spacial score (nSPS) is 16.7. The summed E-state index contributed by atoms with van der Waals surface area (Å²) in [6.07, 6.45) is -1.07. The number of oxime groups is 1. The Balaban J connectivity index is 1.49. The molecule has 2 aliphatic rings. The van der Waals surface area contributed by atoms with Crippen LogP contribution in [0.1, 0.15) is 30.0 Å². The zero-order valence-corrected chi connectivity index (χ0v) is 23.2. The molecular weight excluding hydrogens is 587 g/mol. The molecule has 4 aromatic rings. The summed E-state index contributed by atoms with van der Waals surface area (Å²) in [4.78, 5) is 34.7. The first kappa shape index (κ1) is 27.6. The van der Waals surface area contributed by atoms with Gasteiger partial charge in [0, 0.05) is 32.9 Å². The standard InChI is InChI=1S/C30H21Cl2F2N5O3/c1-16-35-25(38-42-16)15-30(33,34)29(41)39-24(17-6-10-19(31)11-7-17)14-23(37-39)27-26(18-8-12-20(32)13-9-18)21-4-2-3-5-22(21)36-28(27)40/h2-13,24H,1,14-15H2,(H,35,38)(H,36,40)/t24-/m0/s1. The highest BCUT2D eigenvalue weighted by Gasteiger charge is 2.49. The Hall–Kier alpha value is -4.54. The molecule has 12 heteroatoms. The summed E-state index contributed by atoms with van der Waals surface area (Å²) in [6.45, 7) is 3.47. The average Bonchev–Trinajstić information content (AvgIpc) is 3.58. The van der Waals surface area contributed by atoms with Gasteiger partial charge in [-0.2, -0.15) is 13.9 Å². The molecule has 0 unspecified atom stereocenters. The molecule has 212 valence electrons. The second-order valence-electron chi connectivity index (χ2n) is 9.78. The van der Waals surface area contributed by atoms with Crippen LogP contribution in [0.3, 0.4) is 0 Å². The summed E-state index contributed by atoms with van der Waals surface area (Å²) >= 11 is 12.2. The predicted molar refractivity (Wildman–Crippen MR) is 158 cm³/mol. The van der Waals surface area contributed by atoms with Gasteiger partial charge in [-0.1, -0.05) is 70.8 Å². The number of rotatable bonds is 6. The molecule has 3 aromatic carbocycles. The molecule has 1 amide bonds. The van der Waals surface area contributed by atoms with E-state index in [4.69, 9.17) is 28.0 Å². The number of hydrogen-bond donors (Lipinski definition) is 2. The van der Waals surface area contributed by atoms with E-state index in [2.05, 4.69) is 27.1 Å². The molecule has 0 bridgehead atoms. The van der Waals surface area contributed by atoms with Gasteiger partial charge in [-0.25, -0.2) is 5.01 Å². The first-order valence-electron chi connectivity index (χ1n) is 12.8. The van der Waals surface area contributed by atoms with Gasteiger partial charge in [-0.15, -0.1) is 0 Å². The highest BCUT2D eigenvalue weighted by Crippen LogP contribution is 2.39. The number of halogens is 4. The van der Waals surface area contributed by atoms with Crippen LogP contribution in [-0.2, 0) is 9.63 Å². The summed E-state index contributed by atoms with van der Waals surface area (Å²) in [5.74, 6) is -5.76. The number of aromatic nitrogens is 1. The third kappa shape index (κ3) is 5.15. The number of benzene rings is 3. The van der Waals surface area contributed by atoms with Crippen molar-refractivity contribution >= 4 is 51.6 Å². The maximum Gasteiger partial charge on any atom is 0.333 e. The predicted octanol–water partition coefficient (Wildman–Crippen LogP) is 6.61. The number of carbonyl (C=O) groups is 1. The van der Waals surface area contributed by atoms with E-state index < -0.39 is 29.9 Å². The van der Waals surface area contributed by atoms with Crippen molar-refractivity contribution in [3.63, 3.8) is 0 Å². The fourth-order valence-corrected chi connectivity index (χ4v) is 5.33. The smallest absolute Gasteiger partial charge is 0.333 e. The van der Waals surface area contributed by atoms with Crippen LogP contribution in [0.15, 0.2) is 100 Å². The lowest BCUT2D eigenvalue weighted by atomic mass is 9.91. The van der Waals surface area contributed by atoms with Crippen LogP contribution in [-0.4, -0.2) is 33.4 Å². The maximum atomic E-state index is 15.4. The van der Waals surface area contributed by atoms with Crippen molar-refractivity contribution in [2.45, 2.75) is 24.8 Å². The molecule has 8 nitrogen and oxygen atoms in total. The van der Waals surface area contributed by atoms with Gasteiger partial charge < -0.3 is 15.1 Å². The van der Waals surface area contributed by atoms with Crippen LogP contribution in [0.25, 0.3) is 22.0 Å². The van der Waals surface area contributed by atoms with E-state index in [0.717, 1.165) is 5.01 Å². The van der Waals surface area contributed by atoms with E-state index in [1.54, 1.807) is 60.7 Å². The summed E-state index contributed by atoms with van der Waals surface area (Å²) in [6, 6.07) is 19.7. The Bertz CT molecular complexity index is 1850. The number of fused-ring (bicyclic) bond motifs is 1. The van der Waals surface area contributed by atoms with Crippen molar-refractivity contribution in [2.75, 3.05) is 0 Å². The Morgan fingerprint density at radius 2 is 1.69 bits per heavy atom. The van der Waals surface area contributed by atoms with Crippen LogP contribution in [0.4, 0.5) is 8.78 Å². The molecule has 1 aromatic heterocycles. The van der Waals surface area contributed by atoms with Crippen LogP contribution < -0.4 is 10.9 Å². The summed E-state index contributed by atoms with van der Waals surface area (Å²) in [7, 11) is 0. The van der Waals surface area contributed by atoms with Crippen LogP contribution in [0.5, 0.6) is 0 Å². The van der Waals surface area contributed by atoms with Gasteiger partial charge >= 0.3 is 11.8 Å². The fourth-order valence-electron chi connectivity index (χ4n) is 5.07. The summed E-state index contributed by atoms with van der Waals surface area (Å²) in [5, 5.41) is 12.8. The van der Waals surface area contributed by atoms with E-state index in [9.17, 15) is 9.59 Å². The van der Waals surface area contributed by atoms with E-state index in [1.807, 2.05) is 12.1 Å². The van der Waals surface area contributed by atoms with Gasteiger partial charge in [-0.05, 0) is 48.0 Å². The SMILES string of the molecule is C=C1NC(CC(F)(F)C(=O)N2N=C(c3c(-c4ccc(Cl)cc4)c4ccccc4[nH]c3=O)C[C@H]2c2ccc(Cl)cc2)=NO1. The van der Waals surface area contributed by atoms with E-state index in [0.29, 0.717) is 37.6 Å².